The minimum Gasteiger partial charge on any atom is -0.481 e. The maximum absolute atomic E-state index is 13.4. The molecule has 0 radical (unpaired) electrons. The number of fused-ring (bicyclic) bond motifs is 1. The van der Waals surface area contributed by atoms with Gasteiger partial charge in [0.25, 0.3) is 0 Å². The van der Waals surface area contributed by atoms with Crippen LogP contribution in [0, 0.1) is 5.82 Å². The Labute approximate surface area is 174 Å². The van der Waals surface area contributed by atoms with Gasteiger partial charge in [-0.15, -0.1) is 0 Å². The van der Waals surface area contributed by atoms with Gasteiger partial charge in [0.15, 0.2) is 0 Å². The van der Waals surface area contributed by atoms with Crippen LogP contribution in [0.5, 0.6) is 0 Å². The van der Waals surface area contributed by atoms with Gasteiger partial charge in [0, 0.05) is 23.3 Å². The number of carboxylic acid groups (broad SMARTS) is 1. The van der Waals surface area contributed by atoms with Gasteiger partial charge in [0.05, 0.1) is 18.6 Å². The number of carbonyl (C=O) groups is 1. The zero-order valence-electron chi connectivity index (χ0n) is 16.9. The first-order chi connectivity index (χ1) is 14.3. The Hall–Kier alpha value is -2.96. The predicted molar refractivity (Wildman–Crippen MR) is 114 cm³/mol. The van der Waals surface area contributed by atoms with Crippen LogP contribution in [0.4, 0.5) is 4.39 Å². The quantitative estimate of drug-likeness (QED) is 0.486. The highest BCUT2D eigenvalue weighted by atomic mass is 19.1. The lowest BCUT2D eigenvalue weighted by atomic mass is 9.95. The molecule has 0 aliphatic carbocycles. The molecule has 0 aliphatic rings. The van der Waals surface area contributed by atoms with E-state index in [-0.39, 0.29) is 18.2 Å². The SMILES string of the molecule is CC(C)c1oc2cccc(-c3ccc(F)cc3)c2c1C=C[C@@H](O)C[C@@H](O)CC(=O)O. The van der Waals surface area contributed by atoms with Crippen LogP contribution in [0.1, 0.15) is 43.9 Å². The minimum atomic E-state index is -1.14. The molecule has 0 amide bonds. The molecule has 30 heavy (non-hydrogen) atoms. The van der Waals surface area contributed by atoms with Gasteiger partial charge in [-0.25, -0.2) is 4.39 Å². The van der Waals surface area contributed by atoms with Crippen molar-refractivity contribution >= 4 is 23.0 Å². The summed E-state index contributed by atoms with van der Waals surface area (Å²) in [6.07, 6.45) is 0.617. The largest absolute Gasteiger partial charge is 0.481 e. The zero-order valence-corrected chi connectivity index (χ0v) is 16.9. The molecule has 1 aromatic heterocycles. The lowest BCUT2D eigenvalue weighted by Crippen LogP contribution is -2.19. The Balaban J connectivity index is 2.02. The van der Waals surface area contributed by atoms with Crippen LogP contribution in [0.2, 0.25) is 0 Å². The normalized spacial score (nSPS) is 13.9. The van der Waals surface area contributed by atoms with E-state index in [9.17, 15) is 19.4 Å². The van der Waals surface area contributed by atoms with E-state index < -0.39 is 24.6 Å². The second-order valence-corrected chi connectivity index (χ2v) is 7.63. The standard InChI is InChI=1S/C24H25FO5/c1-14(2)24-20(11-10-17(26)12-18(27)13-22(28)29)23-19(4-3-5-21(23)30-24)15-6-8-16(25)9-7-15/h3-11,14,17-18,26-27H,12-13H2,1-2H3,(H,28,29)/t17-,18-/m1/s1. The molecule has 3 aromatic rings. The topological polar surface area (TPSA) is 90.9 Å². The fourth-order valence-electron chi connectivity index (χ4n) is 3.50. The lowest BCUT2D eigenvalue weighted by molar-refractivity contribution is -0.139. The number of aliphatic carboxylic acids is 1. The fourth-order valence-corrected chi connectivity index (χ4v) is 3.50. The summed E-state index contributed by atoms with van der Waals surface area (Å²) in [5, 5.41) is 29.6. The third-order valence-corrected chi connectivity index (χ3v) is 4.87. The maximum Gasteiger partial charge on any atom is 0.305 e. The summed E-state index contributed by atoms with van der Waals surface area (Å²) in [6, 6.07) is 11.9. The van der Waals surface area contributed by atoms with Gasteiger partial charge in [0.1, 0.15) is 17.2 Å². The Kier molecular flexibility index (Phi) is 6.70. The molecule has 158 valence electrons. The van der Waals surface area contributed by atoms with E-state index in [1.807, 2.05) is 32.0 Å². The molecule has 6 heteroatoms. The highest BCUT2D eigenvalue weighted by Crippen LogP contribution is 2.38. The summed E-state index contributed by atoms with van der Waals surface area (Å²) in [6.45, 7) is 4.00. The second-order valence-electron chi connectivity index (χ2n) is 7.63. The van der Waals surface area contributed by atoms with Crippen molar-refractivity contribution in [1.82, 2.24) is 0 Å². The molecule has 0 saturated carbocycles. The molecule has 2 aromatic carbocycles. The van der Waals surface area contributed by atoms with Gasteiger partial charge in [0.2, 0.25) is 0 Å². The number of furan rings is 1. The van der Waals surface area contributed by atoms with Crippen LogP contribution in [0.15, 0.2) is 53.0 Å². The number of rotatable bonds is 8. The van der Waals surface area contributed by atoms with Crippen molar-refractivity contribution in [3.05, 3.63) is 65.7 Å². The highest BCUT2D eigenvalue weighted by Gasteiger charge is 2.19. The van der Waals surface area contributed by atoms with Gasteiger partial charge in [-0.05, 0) is 29.3 Å². The highest BCUT2D eigenvalue weighted by molar-refractivity contribution is 6.00. The van der Waals surface area contributed by atoms with Crippen molar-refractivity contribution in [3.63, 3.8) is 0 Å². The molecule has 2 atom stereocenters. The molecule has 0 saturated heterocycles. The van der Waals surface area contributed by atoms with E-state index in [4.69, 9.17) is 9.52 Å². The van der Waals surface area contributed by atoms with Crippen molar-refractivity contribution in [2.75, 3.05) is 0 Å². The Bertz CT molecular complexity index is 1050. The molecule has 1 heterocycles. The van der Waals surface area contributed by atoms with Crippen molar-refractivity contribution < 1.29 is 28.9 Å². The average molecular weight is 412 g/mol. The number of carboxylic acids is 1. The van der Waals surface area contributed by atoms with Crippen LogP contribution in [-0.4, -0.2) is 33.5 Å². The van der Waals surface area contributed by atoms with E-state index in [1.165, 1.54) is 18.2 Å². The van der Waals surface area contributed by atoms with Crippen molar-refractivity contribution in [1.29, 1.82) is 0 Å². The van der Waals surface area contributed by atoms with Gasteiger partial charge in [-0.2, -0.15) is 0 Å². The third-order valence-electron chi connectivity index (χ3n) is 4.87. The fraction of sp³-hybridized carbons (Fsp3) is 0.292. The average Bonchev–Trinajstić information content (AvgIpc) is 3.05. The van der Waals surface area contributed by atoms with E-state index in [1.54, 1.807) is 18.2 Å². The summed E-state index contributed by atoms with van der Waals surface area (Å²) in [5.74, 6) is -0.614. The number of hydrogen-bond donors (Lipinski definition) is 3. The molecule has 0 spiro atoms. The molecule has 5 nitrogen and oxygen atoms in total. The monoisotopic (exact) mass is 412 g/mol. The summed E-state index contributed by atoms with van der Waals surface area (Å²) in [7, 11) is 0. The Morgan fingerprint density at radius 2 is 1.83 bits per heavy atom. The van der Waals surface area contributed by atoms with E-state index in [0.29, 0.717) is 5.58 Å². The van der Waals surface area contributed by atoms with Crippen LogP contribution in [0.3, 0.4) is 0 Å². The Morgan fingerprint density at radius 3 is 2.47 bits per heavy atom. The van der Waals surface area contributed by atoms with Gasteiger partial charge in [-0.1, -0.05) is 50.3 Å². The zero-order chi connectivity index (χ0) is 21.8. The van der Waals surface area contributed by atoms with Crippen molar-refractivity contribution in [3.8, 4) is 11.1 Å². The van der Waals surface area contributed by atoms with Gasteiger partial charge >= 0.3 is 5.97 Å². The molecule has 3 rings (SSSR count). The van der Waals surface area contributed by atoms with E-state index in [2.05, 4.69) is 0 Å². The molecule has 0 unspecified atom stereocenters. The minimum absolute atomic E-state index is 0.0767. The van der Waals surface area contributed by atoms with Crippen LogP contribution in [-0.2, 0) is 4.79 Å². The molecular weight excluding hydrogens is 387 g/mol. The summed E-state index contributed by atoms with van der Waals surface area (Å²) in [5.41, 5.74) is 3.20. The Morgan fingerprint density at radius 1 is 1.13 bits per heavy atom. The van der Waals surface area contributed by atoms with Gasteiger partial charge in [-0.3, -0.25) is 4.79 Å². The summed E-state index contributed by atoms with van der Waals surface area (Å²) < 4.78 is 19.5. The van der Waals surface area contributed by atoms with Crippen molar-refractivity contribution in [2.45, 2.75) is 44.8 Å². The first-order valence-corrected chi connectivity index (χ1v) is 9.83. The second kappa shape index (κ2) is 9.24. The summed E-state index contributed by atoms with van der Waals surface area (Å²) >= 11 is 0. The number of aliphatic hydroxyl groups excluding tert-OH is 2. The molecule has 3 N–H and O–H groups in total. The van der Waals surface area contributed by atoms with E-state index in [0.717, 1.165) is 27.8 Å². The van der Waals surface area contributed by atoms with Gasteiger partial charge < -0.3 is 19.7 Å². The van der Waals surface area contributed by atoms with E-state index >= 15 is 0 Å². The number of halogens is 1. The smallest absolute Gasteiger partial charge is 0.305 e. The molecule has 0 aliphatic heterocycles. The first kappa shape index (κ1) is 21.7. The van der Waals surface area contributed by atoms with Crippen LogP contribution >= 0.6 is 0 Å². The van der Waals surface area contributed by atoms with Crippen LogP contribution < -0.4 is 0 Å². The maximum atomic E-state index is 13.4. The summed E-state index contributed by atoms with van der Waals surface area (Å²) in [4.78, 5) is 10.7. The predicted octanol–water partition coefficient (Wildman–Crippen LogP) is 4.96. The number of hydrogen-bond acceptors (Lipinski definition) is 4. The number of benzene rings is 2. The lowest BCUT2D eigenvalue weighted by Gasteiger charge is -2.11. The van der Waals surface area contributed by atoms with Crippen LogP contribution in [0.25, 0.3) is 28.2 Å². The molecule has 0 fully saturated rings. The van der Waals surface area contributed by atoms with Crippen molar-refractivity contribution in [2.24, 2.45) is 0 Å². The number of aliphatic hydroxyl groups is 2. The molecule has 0 bridgehead atoms. The molecular formula is C24H25FO5. The third kappa shape index (κ3) is 4.96. The first-order valence-electron chi connectivity index (χ1n) is 9.83.